The van der Waals surface area contributed by atoms with Gasteiger partial charge in [-0.3, -0.25) is 14.4 Å². The highest BCUT2D eigenvalue weighted by Gasteiger charge is 2.50. The molecule has 0 spiro atoms. The van der Waals surface area contributed by atoms with E-state index in [9.17, 15) is 39.9 Å². The summed E-state index contributed by atoms with van der Waals surface area (Å²) in [5, 5.41) is 56.4. The number of allylic oxidation sites excluding steroid dienone is 10. The van der Waals surface area contributed by atoms with Crippen LogP contribution in [0.3, 0.4) is 0 Å². The van der Waals surface area contributed by atoms with Gasteiger partial charge in [0.25, 0.3) is 5.56 Å². The third-order valence-corrected chi connectivity index (χ3v) is 10.2. The summed E-state index contributed by atoms with van der Waals surface area (Å²) in [4.78, 5) is 40.1. The zero-order chi connectivity index (χ0) is 40.9. The molecule has 1 aromatic heterocycles. The summed E-state index contributed by atoms with van der Waals surface area (Å²) >= 11 is 0. The first kappa shape index (κ1) is 45.2. The second-order valence-corrected chi connectivity index (χ2v) is 14.1. The van der Waals surface area contributed by atoms with E-state index in [1.54, 1.807) is 62.6 Å². The number of aromatic amines is 1. The van der Waals surface area contributed by atoms with Gasteiger partial charge in [0, 0.05) is 38.1 Å². The number of pyridine rings is 1. The normalized spacial score (nSPS) is 29.9. The van der Waals surface area contributed by atoms with Gasteiger partial charge < -0.3 is 50.0 Å². The molecule has 0 aliphatic carbocycles. The van der Waals surface area contributed by atoms with Crippen LogP contribution in [0.5, 0.6) is 5.75 Å². The lowest BCUT2D eigenvalue weighted by atomic mass is 9.81. The van der Waals surface area contributed by atoms with E-state index in [0.29, 0.717) is 6.42 Å². The lowest BCUT2D eigenvalue weighted by molar-refractivity contribution is -0.297. The van der Waals surface area contributed by atoms with E-state index < -0.39 is 77.4 Å². The van der Waals surface area contributed by atoms with E-state index in [1.165, 1.54) is 25.3 Å². The van der Waals surface area contributed by atoms with E-state index in [2.05, 4.69) is 10.3 Å². The number of carbonyl (C=O) groups is 2. The van der Waals surface area contributed by atoms with Gasteiger partial charge in [-0.25, -0.2) is 0 Å². The van der Waals surface area contributed by atoms with Crippen molar-refractivity contribution in [3.63, 3.8) is 0 Å². The number of amides is 1. The molecule has 2 aliphatic heterocycles. The molecule has 0 aromatic carbocycles. The summed E-state index contributed by atoms with van der Waals surface area (Å²) in [6, 6.07) is 1.22. The Labute approximate surface area is 323 Å². The Balaban J connectivity index is 1.57. The molecule has 0 bridgehead atoms. The number of carbonyl (C=O) groups excluding carboxylic acids is 2. The number of Topliss-reactive ketones (excluding diaryl/α,β-unsaturated/α-hetero) is 1. The Morgan fingerprint density at radius 1 is 1.05 bits per heavy atom. The Kier molecular flexibility index (Phi) is 17.4. The monoisotopic (exact) mass is 766 g/mol. The molecular weight excluding hydrogens is 708 g/mol. The minimum Gasteiger partial charge on any atom is -0.507 e. The lowest BCUT2D eigenvalue weighted by Crippen LogP contribution is -2.57. The van der Waals surface area contributed by atoms with Crippen molar-refractivity contribution < 1.29 is 49.3 Å². The predicted molar refractivity (Wildman–Crippen MR) is 209 cm³/mol. The molecule has 3 heterocycles. The first-order valence-corrected chi connectivity index (χ1v) is 18.6. The smallest absolute Gasteiger partial charge is 0.262 e. The number of aliphatic hydroxyl groups excluding tert-OH is 3. The zero-order valence-corrected chi connectivity index (χ0v) is 32.7. The van der Waals surface area contributed by atoms with Crippen LogP contribution in [0.4, 0.5) is 0 Å². The maximum Gasteiger partial charge on any atom is 0.262 e. The Morgan fingerprint density at radius 2 is 1.75 bits per heavy atom. The van der Waals surface area contributed by atoms with Gasteiger partial charge in [0.15, 0.2) is 11.6 Å². The molecule has 13 heteroatoms. The second kappa shape index (κ2) is 21.2. The highest BCUT2D eigenvalue weighted by atomic mass is 16.6. The van der Waals surface area contributed by atoms with Crippen molar-refractivity contribution in [2.75, 3.05) is 13.7 Å². The van der Waals surface area contributed by atoms with Crippen LogP contribution in [-0.2, 0) is 19.0 Å². The van der Waals surface area contributed by atoms with Crippen molar-refractivity contribution in [3.05, 3.63) is 112 Å². The molecule has 0 radical (unpaired) electrons. The predicted octanol–water partition coefficient (Wildman–Crippen LogP) is 3.71. The highest BCUT2D eigenvalue weighted by Crippen LogP contribution is 2.38. The summed E-state index contributed by atoms with van der Waals surface area (Å²) in [5.74, 6) is -4.80. The van der Waals surface area contributed by atoms with Gasteiger partial charge in [0.1, 0.15) is 29.6 Å². The van der Waals surface area contributed by atoms with E-state index in [4.69, 9.17) is 14.2 Å². The lowest BCUT2D eigenvalue weighted by Gasteiger charge is -2.45. The van der Waals surface area contributed by atoms with Crippen molar-refractivity contribution in [1.29, 1.82) is 0 Å². The molecule has 55 heavy (non-hydrogen) atoms. The number of methoxy groups -OCH3 is 1. The van der Waals surface area contributed by atoms with Crippen molar-refractivity contribution in [2.24, 2.45) is 17.8 Å². The Bertz CT molecular complexity index is 1720. The number of hydrogen-bond donors (Lipinski definition) is 7. The summed E-state index contributed by atoms with van der Waals surface area (Å²) < 4.78 is 17.8. The van der Waals surface area contributed by atoms with E-state index >= 15 is 0 Å². The quantitative estimate of drug-likeness (QED) is 0.0691. The average molecular weight is 767 g/mol. The number of aliphatic hydroxyl groups is 4. The molecule has 7 N–H and O–H groups in total. The largest absolute Gasteiger partial charge is 0.507 e. The summed E-state index contributed by atoms with van der Waals surface area (Å²) in [5.41, 5.74) is -0.00347. The third kappa shape index (κ3) is 11.7. The molecule has 0 saturated carbocycles. The van der Waals surface area contributed by atoms with Gasteiger partial charge in [-0.05, 0) is 44.4 Å². The fourth-order valence-electron chi connectivity index (χ4n) is 6.90. The molecule has 302 valence electrons. The maximum absolute atomic E-state index is 13.2. The molecule has 11 unspecified atom stereocenters. The van der Waals surface area contributed by atoms with Crippen molar-refractivity contribution in [2.45, 2.75) is 103 Å². The maximum atomic E-state index is 13.2. The van der Waals surface area contributed by atoms with Gasteiger partial charge in [-0.1, -0.05) is 93.7 Å². The first-order chi connectivity index (χ1) is 26.1. The summed E-state index contributed by atoms with van der Waals surface area (Å²) in [6.07, 6.45) is 16.0. The van der Waals surface area contributed by atoms with Gasteiger partial charge in [0.2, 0.25) is 5.91 Å². The van der Waals surface area contributed by atoms with Crippen LogP contribution in [0.2, 0.25) is 0 Å². The molecule has 2 aliphatic rings. The second-order valence-electron chi connectivity index (χ2n) is 14.1. The zero-order valence-electron chi connectivity index (χ0n) is 32.7. The fraction of sp³-hybridized carbons (Fsp3) is 0.500. The molecule has 1 amide bonds. The minimum absolute atomic E-state index is 0.0821. The van der Waals surface area contributed by atoms with Crippen LogP contribution in [0, 0.1) is 17.8 Å². The topological polar surface area (TPSA) is 208 Å². The van der Waals surface area contributed by atoms with Crippen LogP contribution in [0.25, 0.3) is 0 Å². The average Bonchev–Trinajstić information content (AvgIpc) is 3.42. The highest BCUT2D eigenvalue weighted by molar-refractivity contribution is 6.09. The summed E-state index contributed by atoms with van der Waals surface area (Å²) in [6.45, 7) is 10.9. The molecule has 13 nitrogen and oxygen atoms in total. The number of ketones is 1. The molecule has 2 saturated heterocycles. The third-order valence-electron chi connectivity index (χ3n) is 10.2. The molecule has 3 rings (SSSR count). The SMILES string of the molecule is CC=CC=CC1OC(O)(C(CC)C(=O)NCC=CC=C(C)C(OC)C(C)C2OC(C=CC=CC=C(C)C(=O)c3c(O)cc[nH]c3=O)C(O)C2O)CC(O)C1C. The number of aromatic hydroxyl groups is 1. The Morgan fingerprint density at radius 3 is 2.40 bits per heavy atom. The summed E-state index contributed by atoms with van der Waals surface area (Å²) in [7, 11) is 1.54. The standard InChI is InChI=1S/C42H58N2O11/c1-8-10-12-19-32-27(5)31(46)24-42(52,55-32)29(9-2)40(50)43-22-16-15-18-26(4)38(53-7)28(6)39-37(49)36(48)33(54-39)20-14-11-13-17-25(3)35(47)34-30(45)21-23-44-41(34)51/h8,10-21,23,27-29,31-33,36-39,46,48-49,52H,9,22,24H2,1-7H3,(H,43,50)(H2,44,45,51). The van der Waals surface area contributed by atoms with Crippen LogP contribution in [-0.4, -0.2) is 104 Å². The van der Waals surface area contributed by atoms with Crippen LogP contribution < -0.4 is 10.9 Å². The number of nitrogens with one attached hydrogen (secondary N) is 2. The molecule has 11 atom stereocenters. The van der Waals surface area contributed by atoms with E-state index in [1.807, 2.05) is 45.9 Å². The fourth-order valence-corrected chi connectivity index (χ4v) is 6.90. The van der Waals surface area contributed by atoms with Gasteiger partial charge in [-0.15, -0.1) is 0 Å². The van der Waals surface area contributed by atoms with Crippen LogP contribution in [0.15, 0.2) is 101 Å². The molecule has 2 fully saturated rings. The number of aromatic nitrogens is 1. The first-order valence-electron chi connectivity index (χ1n) is 18.6. The van der Waals surface area contributed by atoms with Gasteiger partial charge >= 0.3 is 0 Å². The number of rotatable bonds is 17. The van der Waals surface area contributed by atoms with Gasteiger partial charge in [0.05, 0.1) is 30.3 Å². The molecular formula is C42H58N2O11. The number of hydrogen-bond acceptors (Lipinski definition) is 11. The van der Waals surface area contributed by atoms with Crippen molar-refractivity contribution in [3.8, 4) is 5.75 Å². The van der Waals surface area contributed by atoms with E-state index in [-0.39, 0.29) is 35.9 Å². The number of H-pyrrole nitrogens is 1. The van der Waals surface area contributed by atoms with E-state index in [0.717, 1.165) is 5.57 Å². The minimum atomic E-state index is -1.83. The number of ether oxygens (including phenoxy) is 3. The van der Waals surface area contributed by atoms with Crippen molar-refractivity contribution >= 4 is 11.7 Å². The molecule has 1 aromatic rings. The van der Waals surface area contributed by atoms with Crippen LogP contribution >= 0.6 is 0 Å². The van der Waals surface area contributed by atoms with Gasteiger partial charge in [-0.2, -0.15) is 0 Å². The van der Waals surface area contributed by atoms with Crippen LogP contribution in [0.1, 0.15) is 64.7 Å². The Hall–Kier alpha value is -4.21. The van der Waals surface area contributed by atoms with Crippen molar-refractivity contribution in [1.82, 2.24) is 10.3 Å².